The van der Waals surface area contributed by atoms with Crippen molar-refractivity contribution in [1.82, 2.24) is 0 Å². The average molecular weight is 185 g/mol. The highest BCUT2D eigenvalue weighted by Gasteiger charge is 2.09. The minimum Gasteiger partial charge on any atom is -0.374 e. The fourth-order valence-corrected chi connectivity index (χ4v) is 1.92. The minimum atomic E-state index is 0.745. The molecular formula is C13H15N. The van der Waals surface area contributed by atoms with Crippen molar-refractivity contribution in [2.45, 2.75) is 26.2 Å². The molecule has 0 spiro atoms. The first-order valence-electron chi connectivity index (χ1n) is 5.15. The van der Waals surface area contributed by atoms with E-state index in [0.29, 0.717) is 0 Å². The molecule has 1 N–H and O–H groups in total. The molecule has 0 radical (unpaired) electrons. The van der Waals surface area contributed by atoms with Crippen LogP contribution in [0.3, 0.4) is 0 Å². The van der Waals surface area contributed by atoms with Gasteiger partial charge in [0.1, 0.15) is 0 Å². The van der Waals surface area contributed by atoms with Gasteiger partial charge in [0.25, 0.3) is 0 Å². The monoisotopic (exact) mass is 185 g/mol. The third-order valence-corrected chi connectivity index (χ3v) is 2.66. The molecule has 1 heteroatoms. The number of nitrogens with one attached hydrogen (secondary N) is 1. The van der Waals surface area contributed by atoms with Gasteiger partial charge in [-0.25, -0.2) is 0 Å². The molecule has 1 aliphatic rings. The maximum atomic E-state index is 3.30. The number of anilines is 1. The Morgan fingerprint density at radius 1 is 1.29 bits per heavy atom. The topological polar surface area (TPSA) is 12.0 Å². The van der Waals surface area contributed by atoms with E-state index in [4.69, 9.17) is 0 Å². The van der Waals surface area contributed by atoms with Crippen LogP contribution in [-0.2, 0) is 12.8 Å². The Morgan fingerprint density at radius 3 is 3.00 bits per heavy atom. The fraction of sp³-hybridized carbons (Fsp3) is 0.385. The van der Waals surface area contributed by atoms with E-state index >= 15 is 0 Å². The molecule has 1 aromatic rings. The normalized spacial score (nSPS) is 12.9. The maximum Gasteiger partial charge on any atom is 0.0765 e. The molecule has 0 heterocycles. The highest BCUT2D eigenvalue weighted by Crippen LogP contribution is 2.24. The molecular weight excluding hydrogens is 170 g/mol. The predicted molar refractivity (Wildman–Crippen MR) is 60.4 cm³/mol. The first kappa shape index (κ1) is 9.15. The SMILES string of the molecule is CC#CCNc1ccc2c(c1)CCC2. The molecule has 0 saturated heterocycles. The van der Waals surface area contributed by atoms with Gasteiger partial charge in [0, 0.05) is 5.69 Å². The van der Waals surface area contributed by atoms with E-state index in [-0.39, 0.29) is 0 Å². The van der Waals surface area contributed by atoms with Crippen LogP contribution in [0.1, 0.15) is 24.5 Å². The molecule has 72 valence electrons. The molecule has 0 unspecified atom stereocenters. The Balaban J connectivity index is 2.07. The van der Waals surface area contributed by atoms with E-state index < -0.39 is 0 Å². The zero-order valence-electron chi connectivity index (χ0n) is 8.56. The third kappa shape index (κ3) is 1.90. The van der Waals surface area contributed by atoms with Gasteiger partial charge in [-0.15, -0.1) is 5.92 Å². The Morgan fingerprint density at radius 2 is 2.14 bits per heavy atom. The maximum absolute atomic E-state index is 3.30. The number of rotatable bonds is 2. The molecule has 2 rings (SSSR count). The van der Waals surface area contributed by atoms with Crippen LogP contribution in [0.2, 0.25) is 0 Å². The highest BCUT2D eigenvalue weighted by atomic mass is 14.8. The summed E-state index contributed by atoms with van der Waals surface area (Å²) in [5, 5.41) is 3.30. The lowest BCUT2D eigenvalue weighted by molar-refractivity contribution is 0.912. The standard InChI is InChI=1S/C13H15N/c1-2-3-9-14-13-8-7-11-5-4-6-12(11)10-13/h7-8,10,14H,4-6,9H2,1H3. The average Bonchev–Trinajstić information content (AvgIpc) is 2.65. The predicted octanol–water partition coefficient (Wildman–Crippen LogP) is 2.61. The summed E-state index contributed by atoms with van der Waals surface area (Å²) in [6.45, 7) is 2.61. The molecule has 1 aliphatic carbocycles. The van der Waals surface area contributed by atoms with Crippen LogP contribution in [-0.4, -0.2) is 6.54 Å². The lowest BCUT2D eigenvalue weighted by Crippen LogP contribution is -1.99. The summed E-state index contributed by atoms with van der Waals surface area (Å²) in [6, 6.07) is 6.66. The van der Waals surface area contributed by atoms with Crippen LogP contribution in [0, 0.1) is 11.8 Å². The van der Waals surface area contributed by atoms with E-state index in [9.17, 15) is 0 Å². The Bertz CT molecular complexity index is 382. The summed E-state index contributed by atoms with van der Waals surface area (Å²) in [7, 11) is 0. The summed E-state index contributed by atoms with van der Waals surface area (Å²) in [5.41, 5.74) is 4.24. The lowest BCUT2D eigenvalue weighted by Gasteiger charge is -2.05. The van der Waals surface area contributed by atoms with E-state index in [1.807, 2.05) is 6.92 Å². The van der Waals surface area contributed by atoms with Gasteiger partial charge in [0.2, 0.25) is 0 Å². The summed E-state index contributed by atoms with van der Waals surface area (Å²) in [5.74, 6) is 5.88. The van der Waals surface area contributed by atoms with Gasteiger partial charge in [-0.1, -0.05) is 12.0 Å². The van der Waals surface area contributed by atoms with Gasteiger partial charge in [-0.2, -0.15) is 0 Å². The molecule has 0 aliphatic heterocycles. The van der Waals surface area contributed by atoms with E-state index in [1.165, 1.54) is 36.1 Å². The zero-order valence-corrected chi connectivity index (χ0v) is 8.56. The molecule has 1 nitrogen and oxygen atoms in total. The Kier molecular flexibility index (Phi) is 2.74. The number of fused-ring (bicyclic) bond motifs is 1. The molecule has 0 fully saturated rings. The van der Waals surface area contributed by atoms with Crippen molar-refractivity contribution in [2.75, 3.05) is 11.9 Å². The van der Waals surface area contributed by atoms with Crippen LogP contribution in [0.4, 0.5) is 5.69 Å². The molecule has 14 heavy (non-hydrogen) atoms. The molecule has 0 atom stereocenters. The van der Waals surface area contributed by atoms with Crippen molar-refractivity contribution in [3.63, 3.8) is 0 Å². The van der Waals surface area contributed by atoms with Crippen molar-refractivity contribution >= 4 is 5.69 Å². The van der Waals surface area contributed by atoms with E-state index in [2.05, 4.69) is 35.4 Å². The van der Waals surface area contributed by atoms with Crippen molar-refractivity contribution in [3.8, 4) is 11.8 Å². The molecule has 0 amide bonds. The number of hydrogen-bond donors (Lipinski definition) is 1. The Hall–Kier alpha value is -1.42. The van der Waals surface area contributed by atoms with Crippen molar-refractivity contribution in [1.29, 1.82) is 0 Å². The second kappa shape index (κ2) is 4.19. The summed E-state index contributed by atoms with van der Waals surface area (Å²) in [4.78, 5) is 0. The smallest absolute Gasteiger partial charge is 0.0765 e. The zero-order chi connectivity index (χ0) is 9.80. The van der Waals surface area contributed by atoms with Gasteiger partial charge in [0.05, 0.1) is 6.54 Å². The summed E-state index contributed by atoms with van der Waals surface area (Å²) >= 11 is 0. The van der Waals surface area contributed by atoms with Crippen molar-refractivity contribution in [2.24, 2.45) is 0 Å². The molecule has 0 saturated carbocycles. The van der Waals surface area contributed by atoms with E-state index in [0.717, 1.165) is 6.54 Å². The minimum absolute atomic E-state index is 0.745. The van der Waals surface area contributed by atoms with Crippen LogP contribution in [0.15, 0.2) is 18.2 Å². The largest absolute Gasteiger partial charge is 0.374 e. The first-order chi connectivity index (χ1) is 6.90. The molecule has 0 aromatic heterocycles. The highest BCUT2D eigenvalue weighted by molar-refractivity contribution is 5.50. The van der Waals surface area contributed by atoms with Gasteiger partial charge in [0.15, 0.2) is 0 Å². The fourth-order valence-electron chi connectivity index (χ4n) is 1.92. The molecule has 0 bridgehead atoms. The van der Waals surface area contributed by atoms with Crippen LogP contribution in [0.5, 0.6) is 0 Å². The van der Waals surface area contributed by atoms with Gasteiger partial charge < -0.3 is 5.32 Å². The van der Waals surface area contributed by atoms with Gasteiger partial charge in [-0.05, 0) is 49.4 Å². The quantitative estimate of drug-likeness (QED) is 0.698. The van der Waals surface area contributed by atoms with Crippen LogP contribution in [0.25, 0.3) is 0 Å². The van der Waals surface area contributed by atoms with Crippen molar-refractivity contribution in [3.05, 3.63) is 29.3 Å². The van der Waals surface area contributed by atoms with E-state index in [1.54, 1.807) is 0 Å². The summed E-state index contributed by atoms with van der Waals surface area (Å²) < 4.78 is 0. The lowest BCUT2D eigenvalue weighted by atomic mass is 10.1. The third-order valence-electron chi connectivity index (χ3n) is 2.66. The first-order valence-corrected chi connectivity index (χ1v) is 5.15. The molecule has 1 aromatic carbocycles. The summed E-state index contributed by atoms with van der Waals surface area (Å²) in [6.07, 6.45) is 3.81. The van der Waals surface area contributed by atoms with Gasteiger partial charge in [-0.3, -0.25) is 0 Å². The second-order valence-electron chi connectivity index (χ2n) is 3.62. The number of hydrogen-bond acceptors (Lipinski definition) is 1. The van der Waals surface area contributed by atoms with Crippen LogP contribution < -0.4 is 5.32 Å². The number of aryl methyl sites for hydroxylation is 2. The van der Waals surface area contributed by atoms with Crippen LogP contribution >= 0.6 is 0 Å². The number of benzene rings is 1. The second-order valence-corrected chi connectivity index (χ2v) is 3.62. The Labute approximate surface area is 85.5 Å². The van der Waals surface area contributed by atoms with Crippen molar-refractivity contribution < 1.29 is 0 Å². The van der Waals surface area contributed by atoms with Gasteiger partial charge >= 0.3 is 0 Å².